The highest BCUT2D eigenvalue weighted by Crippen LogP contribution is 2.36. The van der Waals surface area contributed by atoms with Gasteiger partial charge in [-0.1, -0.05) is 68.3 Å². The Morgan fingerprint density at radius 2 is 1.51 bits per heavy atom. The largest absolute Gasteiger partial charge is 0.453 e. The van der Waals surface area contributed by atoms with Crippen LogP contribution in [0.1, 0.15) is 86.1 Å². The van der Waals surface area contributed by atoms with E-state index in [0.717, 1.165) is 58.8 Å². The number of aromatic amines is 2. The maximum Gasteiger partial charge on any atom is 0.407 e. The number of alkyl carbamates (subject to hydrolysis) is 2. The summed E-state index contributed by atoms with van der Waals surface area (Å²) in [6.07, 6.45) is 4.52. The number of rotatable bonds is 10. The molecular formula is C43H48N8O6. The van der Waals surface area contributed by atoms with Gasteiger partial charge in [0.15, 0.2) is 0 Å². The minimum atomic E-state index is -1.01. The fraction of sp³-hybridized carbons (Fsp3) is 0.372. The zero-order valence-electron chi connectivity index (χ0n) is 32.5. The molecule has 5 aromatic rings. The molecule has 0 aliphatic carbocycles. The molecule has 296 valence electrons. The number of hydrogen-bond donors (Lipinski definition) is 5. The number of aliphatic hydroxyl groups is 1. The summed E-state index contributed by atoms with van der Waals surface area (Å²) in [7, 11) is 2.59. The summed E-state index contributed by atoms with van der Waals surface area (Å²) in [5.41, 5.74) is 4.09. The van der Waals surface area contributed by atoms with E-state index in [2.05, 4.69) is 54.5 Å². The van der Waals surface area contributed by atoms with Crippen LogP contribution in [0.2, 0.25) is 0 Å². The number of ether oxygens (including phenoxy) is 2. The van der Waals surface area contributed by atoms with Crippen LogP contribution in [0.5, 0.6) is 0 Å². The van der Waals surface area contributed by atoms with Crippen LogP contribution in [0.4, 0.5) is 9.59 Å². The van der Waals surface area contributed by atoms with Crippen molar-refractivity contribution in [2.45, 2.75) is 69.9 Å². The lowest BCUT2D eigenvalue weighted by Crippen LogP contribution is -2.51. The van der Waals surface area contributed by atoms with Gasteiger partial charge in [-0.15, -0.1) is 0 Å². The number of fused-ring (bicyclic) bond motifs is 1. The molecule has 14 nitrogen and oxygen atoms in total. The summed E-state index contributed by atoms with van der Waals surface area (Å²) >= 11 is 0. The molecule has 4 heterocycles. The predicted molar refractivity (Wildman–Crippen MR) is 213 cm³/mol. The van der Waals surface area contributed by atoms with Gasteiger partial charge in [0.1, 0.15) is 29.6 Å². The standard InChI is InChI=1S/C43H48N8O6/c1-26(2)36(48-42(54)56-3)40(52)50-20-9-13-35(50)39-45-25-33(47-39)31-18-17-29-22-27(14-16-30(29)23-31)15-19-32-24-44-38(46-32)34-12-8-21-51(34)41(53)37(49-43(55)57-4)28-10-6-5-7-11-28/h5-7,10-11,14,16-18,22-26,34-37,41,53H,8-9,12-13,20-21H2,1-4H3,(H,44,46)(H,45,47)(H,48,54)(H,49,55)/t34-,35-,36-,37+,41?/m0/s1. The number of benzene rings is 3. The van der Waals surface area contributed by atoms with Crippen molar-refractivity contribution in [3.63, 3.8) is 0 Å². The molecular weight excluding hydrogens is 725 g/mol. The number of likely N-dealkylation sites (tertiary alicyclic amines) is 2. The summed E-state index contributed by atoms with van der Waals surface area (Å²) in [4.78, 5) is 57.6. The van der Waals surface area contributed by atoms with Crippen LogP contribution in [0.25, 0.3) is 22.0 Å². The number of aromatic nitrogens is 4. The van der Waals surface area contributed by atoms with Crippen molar-refractivity contribution in [3.05, 3.63) is 108 Å². The second-order valence-electron chi connectivity index (χ2n) is 14.8. The first kappa shape index (κ1) is 39.1. The van der Waals surface area contributed by atoms with Gasteiger partial charge in [-0.3, -0.25) is 9.69 Å². The molecule has 57 heavy (non-hydrogen) atoms. The van der Waals surface area contributed by atoms with Crippen molar-refractivity contribution in [2.24, 2.45) is 5.92 Å². The van der Waals surface area contributed by atoms with Crippen molar-refractivity contribution >= 4 is 28.9 Å². The van der Waals surface area contributed by atoms with Crippen molar-refractivity contribution < 1.29 is 29.0 Å². The lowest BCUT2D eigenvalue weighted by molar-refractivity contribution is -0.135. The van der Waals surface area contributed by atoms with E-state index in [4.69, 9.17) is 9.47 Å². The number of hydrogen-bond acceptors (Lipinski definition) is 9. The summed E-state index contributed by atoms with van der Waals surface area (Å²) in [5, 5.41) is 19.1. The lowest BCUT2D eigenvalue weighted by Gasteiger charge is -2.34. The highest BCUT2D eigenvalue weighted by Gasteiger charge is 2.39. The molecule has 2 saturated heterocycles. The molecule has 7 rings (SSSR count). The first-order chi connectivity index (χ1) is 27.6. The monoisotopic (exact) mass is 772 g/mol. The third-order valence-corrected chi connectivity index (χ3v) is 10.8. The summed E-state index contributed by atoms with van der Waals surface area (Å²) in [6.45, 7) is 5.02. The number of carbonyl (C=O) groups excluding carboxylic acids is 3. The van der Waals surface area contributed by atoms with E-state index in [9.17, 15) is 19.5 Å². The van der Waals surface area contributed by atoms with Crippen molar-refractivity contribution in [1.29, 1.82) is 0 Å². The molecule has 0 radical (unpaired) electrons. The van der Waals surface area contributed by atoms with Crippen LogP contribution in [-0.4, -0.2) is 92.5 Å². The Hall–Kier alpha value is -6.17. The lowest BCUT2D eigenvalue weighted by atomic mass is 10.0. The van der Waals surface area contributed by atoms with Gasteiger partial charge in [-0.2, -0.15) is 0 Å². The molecule has 5 N–H and O–H groups in total. The van der Waals surface area contributed by atoms with Gasteiger partial charge in [0, 0.05) is 24.2 Å². The maximum absolute atomic E-state index is 13.6. The van der Waals surface area contributed by atoms with E-state index >= 15 is 0 Å². The fourth-order valence-electron chi connectivity index (χ4n) is 7.81. The minimum absolute atomic E-state index is 0.110. The SMILES string of the molecule is COC(=O)N[C@H](C(=O)N1CCC[C@H]1c1ncc(-c2ccc3cc(C#Cc4cnc([C@@H]5CCCN5C(O)[C@H](NC(=O)OC)c5ccccc5)[nH]4)ccc3c2)[nH]1)C(C)C. The quantitative estimate of drug-likeness (QED) is 0.107. The molecule has 0 saturated carbocycles. The van der Waals surface area contributed by atoms with Gasteiger partial charge in [-0.05, 0) is 72.1 Å². The molecule has 0 bridgehead atoms. The van der Waals surface area contributed by atoms with Crippen LogP contribution in [-0.2, 0) is 14.3 Å². The molecule has 2 aromatic heterocycles. The first-order valence-electron chi connectivity index (χ1n) is 19.3. The van der Waals surface area contributed by atoms with Crippen LogP contribution in [0.15, 0.2) is 79.1 Å². The van der Waals surface area contributed by atoms with Crippen LogP contribution >= 0.6 is 0 Å². The van der Waals surface area contributed by atoms with E-state index in [0.29, 0.717) is 30.4 Å². The van der Waals surface area contributed by atoms with Gasteiger partial charge in [0.2, 0.25) is 5.91 Å². The number of nitrogens with one attached hydrogen (secondary N) is 4. The van der Waals surface area contributed by atoms with Crippen molar-refractivity contribution in [2.75, 3.05) is 27.3 Å². The van der Waals surface area contributed by atoms with E-state index in [1.165, 1.54) is 14.2 Å². The molecule has 14 heteroatoms. The van der Waals surface area contributed by atoms with Crippen LogP contribution in [0.3, 0.4) is 0 Å². The number of methoxy groups -OCH3 is 2. The third kappa shape index (κ3) is 8.65. The fourth-order valence-corrected chi connectivity index (χ4v) is 7.81. The number of carbonyl (C=O) groups is 3. The first-order valence-corrected chi connectivity index (χ1v) is 19.3. The number of nitrogens with zero attached hydrogens (tertiary/aromatic N) is 4. The number of imidazole rings is 2. The molecule has 2 fully saturated rings. The topological polar surface area (TPSA) is 178 Å². The predicted octanol–water partition coefficient (Wildman–Crippen LogP) is 5.95. The van der Waals surface area contributed by atoms with Gasteiger partial charge in [-0.25, -0.2) is 19.6 Å². The zero-order valence-corrected chi connectivity index (χ0v) is 32.5. The van der Waals surface area contributed by atoms with Crippen LogP contribution < -0.4 is 10.6 Å². The Kier molecular flexibility index (Phi) is 11.9. The second kappa shape index (κ2) is 17.3. The van der Waals surface area contributed by atoms with Crippen LogP contribution in [0, 0.1) is 17.8 Å². The normalized spacial score (nSPS) is 18.5. The highest BCUT2D eigenvalue weighted by molar-refractivity contribution is 5.88. The minimum Gasteiger partial charge on any atom is -0.453 e. The average Bonchev–Trinajstić information content (AvgIpc) is 4.07. The van der Waals surface area contributed by atoms with Gasteiger partial charge in [0.05, 0.1) is 50.4 Å². The van der Waals surface area contributed by atoms with E-state index in [1.54, 1.807) is 17.3 Å². The van der Waals surface area contributed by atoms with Gasteiger partial charge >= 0.3 is 12.2 Å². The molecule has 3 amide bonds. The Balaban J connectivity index is 1.03. The molecule has 5 atom stereocenters. The Morgan fingerprint density at radius 1 is 0.825 bits per heavy atom. The van der Waals surface area contributed by atoms with E-state index < -0.39 is 30.5 Å². The molecule has 3 aromatic carbocycles. The third-order valence-electron chi connectivity index (χ3n) is 10.8. The maximum atomic E-state index is 13.6. The molecule has 2 aliphatic rings. The number of H-pyrrole nitrogens is 2. The Morgan fingerprint density at radius 3 is 2.28 bits per heavy atom. The molecule has 2 aliphatic heterocycles. The summed E-state index contributed by atoms with van der Waals surface area (Å²) < 4.78 is 9.61. The second-order valence-corrected chi connectivity index (χ2v) is 14.8. The van der Waals surface area contributed by atoms with Gasteiger partial charge in [0.25, 0.3) is 0 Å². The van der Waals surface area contributed by atoms with E-state index in [-0.39, 0.29) is 23.9 Å². The molecule has 1 unspecified atom stereocenters. The van der Waals surface area contributed by atoms with Crippen molar-refractivity contribution in [1.82, 2.24) is 40.4 Å². The number of aliphatic hydroxyl groups excluding tert-OH is 1. The summed E-state index contributed by atoms with van der Waals surface area (Å²) in [5.74, 6) is 7.63. The van der Waals surface area contributed by atoms with Crippen molar-refractivity contribution in [3.8, 4) is 23.1 Å². The molecule has 0 spiro atoms. The zero-order chi connectivity index (χ0) is 40.1. The number of amides is 3. The van der Waals surface area contributed by atoms with E-state index in [1.807, 2.05) is 73.3 Å². The Labute approximate surface area is 331 Å². The highest BCUT2D eigenvalue weighted by atomic mass is 16.5. The smallest absolute Gasteiger partial charge is 0.407 e. The summed E-state index contributed by atoms with van der Waals surface area (Å²) in [6, 6.07) is 19.8. The Bertz CT molecular complexity index is 2280. The average molecular weight is 773 g/mol. The van der Waals surface area contributed by atoms with Gasteiger partial charge < -0.3 is 40.1 Å².